The Kier molecular flexibility index (Phi) is 8.35. The molecular formula is C19H35O2Si3. The van der Waals surface area contributed by atoms with Crippen molar-refractivity contribution in [2.45, 2.75) is 70.8 Å². The zero-order chi connectivity index (χ0) is 18.4. The minimum atomic E-state index is -2.15. The van der Waals surface area contributed by atoms with Gasteiger partial charge in [0.15, 0.2) is 8.32 Å². The zero-order valence-corrected chi connectivity index (χ0v) is 19.6. The lowest BCUT2D eigenvalue weighted by atomic mass is 10.1. The van der Waals surface area contributed by atoms with Gasteiger partial charge < -0.3 is 8.54 Å². The summed E-state index contributed by atoms with van der Waals surface area (Å²) in [7, 11) is -4.42. The molecule has 2 nitrogen and oxygen atoms in total. The minimum absolute atomic E-state index is 0.187. The first-order chi connectivity index (χ1) is 11.1. The third-order valence-corrected chi connectivity index (χ3v) is 12.3. The first-order valence-corrected chi connectivity index (χ1v) is 17.5. The molecule has 0 saturated heterocycles. The summed E-state index contributed by atoms with van der Waals surface area (Å²) in [6, 6.07) is 9.84. The average Bonchev–Trinajstić information content (AvgIpc) is 2.49. The number of unbranched alkanes of at least 4 members (excludes halogenated alkanes) is 1. The molecule has 0 heterocycles. The van der Waals surface area contributed by atoms with Crippen LogP contribution >= 0.6 is 0 Å². The van der Waals surface area contributed by atoms with Crippen molar-refractivity contribution in [2.75, 3.05) is 0 Å². The van der Waals surface area contributed by atoms with Gasteiger partial charge in [0.2, 0.25) is 0 Å². The van der Waals surface area contributed by atoms with Crippen LogP contribution in [-0.4, -0.2) is 25.7 Å². The summed E-state index contributed by atoms with van der Waals surface area (Å²) >= 11 is 0. The van der Waals surface area contributed by atoms with E-state index in [2.05, 4.69) is 77.1 Å². The highest BCUT2D eigenvalue weighted by Crippen LogP contribution is 2.29. The number of hydrogen-bond donors (Lipinski definition) is 0. The standard InChI is InChI=1S/C19H35O2Si3/c1-9-11-16-23(5,6)21-24(7,8)20-19(22(3)4)18-14-12-17(10-2)13-15-18/h10,12-15,19H,2,9,11,16H2,1,3-8H3. The predicted octanol–water partition coefficient (Wildman–Crippen LogP) is 6.40. The summed E-state index contributed by atoms with van der Waals surface area (Å²) < 4.78 is 13.3. The van der Waals surface area contributed by atoms with Crippen LogP contribution in [0, 0.1) is 0 Å². The number of benzene rings is 1. The van der Waals surface area contributed by atoms with Gasteiger partial charge in [0, 0.05) is 0 Å². The van der Waals surface area contributed by atoms with Crippen LogP contribution in [0.5, 0.6) is 0 Å². The van der Waals surface area contributed by atoms with Crippen LogP contribution in [-0.2, 0) is 8.54 Å². The van der Waals surface area contributed by atoms with Crippen molar-refractivity contribution in [3.8, 4) is 0 Å². The molecule has 0 spiro atoms. The lowest BCUT2D eigenvalue weighted by molar-refractivity contribution is 0.215. The van der Waals surface area contributed by atoms with Gasteiger partial charge >= 0.3 is 8.56 Å². The molecule has 0 fully saturated rings. The Morgan fingerprint density at radius 3 is 2.17 bits per heavy atom. The predicted molar refractivity (Wildman–Crippen MR) is 114 cm³/mol. The fourth-order valence-corrected chi connectivity index (χ4v) is 13.4. The molecule has 0 bridgehead atoms. The summed E-state index contributed by atoms with van der Waals surface area (Å²) in [6.07, 6.45) is 4.37. The van der Waals surface area contributed by atoms with E-state index < -0.39 is 25.7 Å². The van der Waals surface area contributed by atoms with E-state index in [0.29, 0.717) is 0 Å². The first kappa shape index (κ1) is 21.6. The van der Waals surface area contributed by atoms with E-state index in [1.54, 1.807) is 0 Å². The van der Waals surface area contributed by atoms with Crippen molar-refractivity contribution in [1.29, 1.82) is 0 Å². The van der Waals surface area contributed by atoms with Gasteiger partial charge in [-0.25, -0.2) is 0 Å². The normalized spacial score (nSPS) is 14.0. The Balaban J connectivity index is 2.87. The Labute approximate surface area is 153 Å². The molecule has 1 unspecified atom stereocenters. The fraction of sp³-hybridized carbons (Fsp3) is 0.579. The molecule has 5 heteroatoms. The molecule has 1 atom stereocenters. The monoisotopic (exact) mass is 379 g/mol. The largest absolute Gasteiger partial charge is 0.436 e. The van der Waals surface area contributed by atoms with Gasteiger partial charge in [-0.15, -0.1) is 0 Å². The first-order valence-electron chi connectivity index (χ1n) is 9.00. The number of rotatable bonds is 10. The molecule has 135 valence electrons. The second-order valence-corrected chi connectivity index (χ2v) is 18.4. The summed E-state index contributed by atoms with van der Waals surface area (Å²) in [5.74, 6) is 0. The van der Waals surface area contributed by atoms with Gasteiger partial charge in [-0.2, -0.15) is 0 Å². The molecule has 1 radical (unpaired) electrons. The van der Waals surface area contributed by atoms with Gasteiger partial charge in [-0.1, -0.05) is 69.8 Å². The second-order valence-electron chi connectivity index (χ2n) is 7.81. The molecule has 0 aliphatic rings. The molecule has 1 aromatic carbocycles. The summed E-state index contributed by atoms with van der Waals surface area (Å²) in [5, 5.41) is 0. The van der Waals surface area contributed by atoms with Crippen LogP contribution in [0.2, 0.25) is 45.3 Å². The Morgan fingerprint density at radius 2 is 1.71 bits per heavy atom. The summed E-state index contributed by atoms with van der Waals surface area (Å²) in [4.78, 5) is 0. The summed E-state index contributed by atoms with van der Waals surface area (Å²) in [6.45, 7) is 19.8. The van der Waals surface area contributed by atoms with Crippen molar-refractivity contribution in [2.24, 2.45) is 0 Å². The highest BCUT2D eigenvalue weighted by atomic mass is 28.4. The Morgan fingerprint density at radius 1 is 1.12 bits per heavy atom. The van der Waals surface area contributed by atoms with E-state index in [9.17, 15) is 0 Å². The second kappa shape index (κ2) is 9.29. The minimum Gasteiger partial charge on any atom is -0.436 e. The molecule has 0 aliphatic heterocycles. The van der Waals surface area contributed by atoms with Crippen LogP contribution in [0.4, 0.5) is 0 Å². The topological polar surface area (TPSA) is 18.5 Å². The van der Waals surface area contributed by atoms with Crippen molar-refractivity contribution in [3.63, 3.8) is 0 Å². The van der Waals surface area contributed by atoms with Crippen molar-refractivity contribution >= 4 is 31.8 Å². The SMILES string of the molecule is C=Cc1ccc(C(O[Si](C)(C)O[Si](C)(C)CCCC)[Si](C)C)cc1. The van der Waals surface area contributed by atoms with Crippen molar-refractivity contribution in [1.82, 2.24) is 0 Å². The van der Waals surface area contributed by atoms with Crippen LogP contribution in [0.3, 0.4) is 0 Å². The maximum absolute atomic E-state index is 6.65. The zero-order valence-electron chi connectivity index (χ0n) is 16.6. The molecule has 24 heavy (non-hydrogen) atoms. The van der Waals surface area contributed by atoms with E-state index in [1.807, 2.05) is 6.08 Å². The van der Waals surface area contributed by atoms with Crippen LogP contribution in [0.1, 0.15) is 36.6 Å². The van der Waals surface area contributed by atoms with E-state index in [4.69, 9.17) is 8.54 Å². The maximum atomic E-state index is 6.65. The van der Waals surface area contributed by atoms with E-state index in [-0.39, 0.29) is 5.73 Å². The fourth-order valence-electron chi connectivity index (χ4n) is 2.95. The molecule has 0 aliphatic carbocycles. The van der Waals surface area contributed by atoms with Gasteiger partial charge in [0.05, 0.1) is 14.5 Å². The van der Waals surface area contributed by atoms with Crippen LogP contribution in [0.15, 0.2) is 30.8 Å². The van der Waals surface area contributed by atoms with Gasteiger partial charge in [-0.3, -0.25) is 0 Å². The van der Waals surface area contributed by atoms with E-state index in [1.165, 1.54) is 24.4 Å². The molecule has 0 saturated carbocycles. The Bertz CT molecular complexity index is 510. The third-order valence-electron chi connectivity index (χ3n) is 4.06. The molecule has 0 amide bonds. The van der Waals surface area contributed by atoms with Crippen molar-refractivity contribution < 1.29 is 8.54 Å². The van der Waals surface area contributed by atoms with E-state index in [0.717, 1.165) is 5.56 Å². The highest BCUT2D eigenvalue weighted by molar-refractivity contribution is 6.82. The molecule has 0 N–H and O–H groups in total. The maximum Gasteiger partial charge on any atom is 0.321 e. The van der Waals surface area contributed by atoms with Gasteiger partial charge in [-0.05, 0) is 43.4 Å². The lowest BCUT2D eigenvalue weighted by Gasteiger charge is -2.37. The lowest BCUT2D eigenvalue weighted by Crippen LogP contribution is -2.48. The molecule has 0 aromatic heterocycles. The Hall–Kier alpha value is -0.469. The van der Waals surface area contributed by atoms with Crippen molar-refractivity contribution in [3.05, 3.63) is 42.0 Å². The van der Waals surface area contributed by atoms with Crippen LogP contribution in [0.25, 0.3) is 6.08 Å². The van der Waals surface area contributed by atoms with Crippen LogP contribution < -0.4 is 0 Å². The van der Waals surface area contributed by atoms with Gasteiger partial charge in [0.1, 0.15) is 0 Å². The summed E-state index contributed by atoms with van der Waals surface area (Å²) in [5.41, 5.74) is 2.61. The molecule has 1 aromatic rings. The smallest absolute Gasteiger partial charge is 0.321 e. The molecule has 1 rings (SSSR count). The van der Waals surface area contributed by atoms with E-state index >= 15 is 0 Å². The average molecular weight is 380 g/mol. The highest BCUT2D eigenvalue weighted by Gasteiger charge is 2.37. The third kappa shape index (κ3) is 7.19. The quantitative estimate of drug-likeness (QED) is 0.438. The molecular weight excluding hydrogens is 344 g/mol. The number of hydrogen-bond acceptors (Lipinski definition) is 2. The van der Waals surface area contributed by atoms with Gasteiger partial charge in [0.25, 0.3) is 0 Å².